The maximum atomic E-state index is 12.0. The number of aliphatic hydroxyl groups excluding tert-OH is 7. The predicted octanol–water partition coefficient (Wildman–Crippen LogP) is -5.54. The Labute approximate surface area is 233 Å². The van der Waals surface area contributed by atoms with E-state index in [0.29, 0.717) is 0 Å². The van der Waals surface area contributed by atoms with Crippen molar-refractivity contribution in [2.45, 2.75) is 119 Å². The van der Waals surface area contributed by atoms with Gasteiger partial charge in [0.15, 0.2) is 18.9 Å². The van der Waals surface area contributed by atoms with Crippen LogP contribution in [-0.4, -0.2) is 164 Å². The van der Waals surface area contributed by atoms with Crippen molar-refractivity contribution in [3.05, 3.63) is 0 Å². The minimum Gasteiger partial charge on any atom is -0.477 e. The lowest BCUT2D eigenvalue weighted by atomic mass is 9.94. The highest BCUT2D eigenvalue weighted by Gasteiger charge is 2.57. The lowest BCUT2D eigenvalue weighted by Gasteiger charge is -2.50. The number of rotatable bonds is 7. The highest BCUT2D eigenvalue weighted by atomic mass is 16.8. The summed E-state index contributed by atoms with van der Waals surface area (Å²) in [7, 11) is 0. The molecule has 0 saturated carbocycles. The van der Waals surface area contributed by atoms with Crippen LogP contribution in [0.15, 0.2) is 0 Å². The SMILES string of the molecule is CC(=O)N[C@H]1[C@H](O[C@@H]2[C@H](O)[C@H](C)OC(O)[C@H]2O)O[C@H](CO)[C@@H](O[C@@H]2O[C@@H]3COC(C)(C(=O)O)O[C@@H]3[C@H](O)[C@H]2O)[C@@H]1O. The number of carboxylic acids is 1. The predicted molar refractivity (Wildman–Crippen MR) is 125 cm³/mol. The molecule has 4 saturated heterocycles. The third-order valence-corrected chi connectivity index (χ3v) is 7.52. The van der Waals surface area contributed by atoms with E-state index >= 15 is 0 Å². The van der Waals surface area contributed by atoms with E-state index in [9.17, 15) is 50.4 Å². The van der Waals surface area contributed by atoms with E-state index in [0.717, 1.165) is 13.8 Å². The number of carboxylic acid groups (broad SMARTS) is 1. The van der Waals surface area contributed by atoms with Gasteiger partial charge in [0.1, 0.15) is 67.1 Å². The van der Waals surface area contributed by atoms with E-state index in [1.165, 1.54) is 6.92 Å². The Morgan fingerprint density at radius 2 is 1.56 bits per heavy atom. The monoisotopic (exact) mass is 599 g/mol. The standard InChI is InChI=1S/C23H37NO17/c1-6-11(27)18(15(31)19(32)36-6)40-20-10(24-7(2)26)12(28)16(8(4-25)37-20)39-21-14(30)13(29)17-9(38-21)5-35-23(3,41-17)22(33)34/h6,8-21,25,27-32H,4-5H2,1-3H3,(H,24,26)(H,33,34)/t6-,8+,9+,10+,11+,12+,13+,14+,15-,16+,17-,18+,19?,20-,21-,23?/m0/s1. The molecule has 9 N–H and O–H groups in total. The molecule has 0 bridgehead atoms. The van der Waals surface area contributed by atoms with E-state index in [1.54, 1.807) is 0 Å². The molecule has 18 heteroatoms. The largest absolute Gasteiger partial charge is 0.477 e. The Balaban J connectivity index is 1.51. The lowest BCUT2D eigenvalue weighted by Crippen LogP contribution is -2.70. The molecule has 0 aromatic carbocycles. The Hall–Kier alpha value is -1.62. The summed E-state index contributed by atoms with van der Waals surface area (Å²) in [6.07, 6.45) is -21.3. The molecule has 4 rings (SSSR count). The van der Waals surface area contributed by atoms with Gasteiger partial charge in [-0.25, -0.2) is 4.79 Å². The molecular weight excluding hydrogens is 562 g/mol. The van der Waals surface area contributed by atoms with Crippen LogP contribution in [0.4, 0.5) is 0 Å². The molecule has 1 amide bonds. The first-order chi connectivity index (χ1) is 19.2. The number of hydrogen-bond donors (Lipinski definition) is 9. The fourth-order valence-electron chi connectivity index (χ4n) is 5.17. The first-order valence-corrected chi connectivity index (χ1v) is 13.0. The molecular formula is C23H37NO17. The van der Waals surface area contributed by atoms with Crippen molar-refractivity contribution >= 4 is 11.9 Å². The molecule has 18 nitrogen and oxygen atoms in total. The van der Waals surface area contributed by atoms with Crippen molar-refractivity contribution in [1.29, 1.82) is 0 Å². The van der Waals surface area contributed by atoms with Crippen LogP contribution in [0.3, 0.4) is 0 Å². The van der Waals surface area contributed by atoms with Gasteiger partial charge in [0.25, 0.3) is 5.79 Å². The number of carbonyl (C=O) groups excluding carboxylic acids is 1. The van der Waals surface area contributed by atoms with Crippen molar-refractivity contribution in [1.82, 2.24) is 5.32 Å². The highest BCUT2D eigenvalue weighted by Crippen LogP contribution is 2.36. The van der Waals surface area contributed by atoms with Crippen molar-refractivity contribution in [2.75, 3.05) is 13.2 Å². The van der Waals surface area contributed by atoms with Crippen LogP contribution >= 0.6 is 0 Å². The number of nitrogens with one attached hydrogen (secondary N) is 1. The zero-order chi connectivity index (χ0) is 30.4. The smallest absolute Gasteiger partial charge is 0.364 e. The molecule has 0 radical (unpaired) electrons. The molecule has 4 heterocycles. The van der Waals surface area contributed by atoms with Gasteiger partial charge in [0.05, 0.1) is 19.3 Å². The van der Waals surface area contributed by atoms with Gasteiger partial charge in [-0.05, 0) is 6.92 Å². The molecule has 16 atom stereocenters. The topological polar surface area (TPSA) is 273 Å². The van der Waals surface area contributed by atoms with Gasteiger partial charge in [-0.1, -0.05) is 0 Å². The quantitative estimate of drug-likeness (QED) is 0.132. The summed E-state index contributed by atoms with van der Waals surface area (Å²) in [5.41, 5.74) is 0. The van der Waals surface area contributed by atoms with Gasteiger partial charge < -0.3 is 79.3 Å². The summed E-state index contributed by atoms with van der Waals surface area (Å²) in [5, 5.41) is 85.2. The molecule has 236 valence electrons. The van der Waals surface area contributed by atoms with Gasteiger partial charge in [-0.3, -0.25) is 4.79 Å². The zero-order valence-electron chi connectivity index (χ0n) is 22.3. The van der Waals surface area contributed by atoms with Crippen LogP contribution in [-0.2, 0) is 42.7 Å². The fraction of sp³-hybridized carbons (Fsp3) is 0.913. The minimum atomic E-state index is -2.10. The van der Waals surface area contributed by atoms with Crippen LogP contribution in [0.25, 0.3) is 0 Å². The second kappa shape index (κ2) is 12.5. The summed E-state index contributed by atoms with van der Waals surface area (Å²) in [6, 6.07) is -1.44. The third kappa shape index (κ3) is 6.36. The molecule has 2 unspecified atom stereocenters. The second-order valence-electron chi connectivity index (χ2n) is 10.5. The van der Waals surface area contributed by atoms with Gasteiger partial charge >= 0.3 is 5.97 Å². The maximum Gasteiger partial charge on any atom is 0.364 e. The average Bonchev–Trinajstić information content (AvgIpc) is 2.91. The lowest BCUT2D eigenvalue weighted by molar-refractivity contribution is -0.395. The van der Waals surface area contributed by atoms with Crippen molar-refractivity contribution in [3.8, 4) is 0 Å². The van der Waals surface area contributed by atoms with E-state index in [4.69, 9.17) is 33.2 Å². The van der Waals surface area contributed by atoms with Crippen LogP contribution in [0.5, 0.6) is 0 Å². The highest BCUT2D eigenvalue weighted by molar-refractivity contribution is 5.75. The van der Waals surface area contributed by atoms with Crippen molar-refractivity contribution in [3.63, 3.8) is 0 Å². The Morgan fingerprint density at radius 1 is 0.902 bits per heavy atom. The molecule has 41 heavy (non-hydrogen) atoms. The summed E-state index contributed by atoms with van der Waals surface area (Å²) in [6.45, 7) is 2.49. The van der Waals surface area contributed by atoms with Gasteiger partial charge in [-0.15, -0.1) is 0 Å². The van der Waals surface area contributed by atoms with E-state index in [-0.39, 0.29) is 6.61 Å². The van der Waals surface area contributed by atoms with Crippen molar-refractivity contribution in [2.24, 2.45) is 0 Å². The molecule has 4 aliphatic heterocycles. The first kappa shape index (κ1) is 32.3. The number of amides is 1. The van der Waals surface area contributed by atoms with E-state index < -0.39 is 116 Å². The number of hydrogen-bond acceptors (Lipinski definition) is 16. The summed E-state index contributed by atoms with van der Waals surface area (Å²) >= 11 is 0. The van der Waals surface area contributed by atoms with Gasteiger partial charge in [0.2, 0.25) is 5.91 Å². The third-order valence-electron chi connectivity index (χ3n) is 7.52. The summed E-state index contributed by atoms with van der Waals surface area (Å²) < 4.78 is 38.4. The molecule has 0 spiro atoms. The Bertz CT molecular complexity index is 926. The van der Waals surface area contributed by atoms with Gasteiger partial charge in [-0.2, -0.15) is 0 Å². The molecule has 4 aliphatic rings. The van der Waals surface area contributed by atoms with Gasteiger partial charge in [0, 0.05) is 13.8 Å². The fourth-order valence-corrected chi connectivity index (χ4v) is 5.17. The molecule has 0 aromatic rings. The number of carbonyl (C=O) groups is 2. The minimum absolute atomic E-state index is 0.366. The second-order valence-corrected chi connectivity index (χ2v) is 10.5. The van der Waals surface area contributed by atoms with Crippen molar-refractivity contribution < 1.29 is 83.6 Å². The van der Waals surface area contributed by atoms with Crippen LogP contribution in [0.1, 0.15) is 20.8 Å². The Kier molecular flexibility index (Phi) is 9.88. The molecule has 4 fully saturated rings. The average molecular weight is 600 g/mol. The number of fused-ring (bicyclic) bond motifs is 1. The maximum absolute atomic E-state index is 12.0. The number of ether oxygens (including phenoxy) is 7. The number of aliphatic carboxylic acids is 1. The first-order valence-electron chi connectivity index (χ1n) is 13.0. The molecule has 0 aliphatic carbocycles. The van der Waals surface area contributed by atoms with Crippen LogP contribution in [0, 0.1) is 0 Å². The van der Waals surface area contributed by atoms with E-state index in [1.807, 2.05) is 0 Å². The van der Waals surface area contributed by atoms with Crippen LogP contribution in [0.2, 0.25) is 0 Å². The summed E-state index contributed by atoms with van der Waals surface area (Å²) in [4.78, 5) is 23.5. The van der Waals surface area contributed by atoms with Crippen LogP contribution < -0.4 is 5.32 Å². The Morgan fingerprint density at radius 3 is 2.17 bits per heavy atom. The normalized spacial score (nSPS) is 50.5. The zero-order valence-corrected chi connectivity index (χ0v) is 22.3. The summed E-state index contributed by atoms with van der Waals surface area (Å²) in [5.74, 6) is -4.22. The number of aliphatic hydroxyl groups is 7. The molecule has 0 aromatic heterocycles. The van der Waals surface area contributed by atoms with E-state index in [2.05, 4.69) is 5.32 Å².